The quantitative estimate of drug-likeness (QED) is 0.730. The monoisotopic (exact) mass is 241 g/mol. The van der Waals surface area contributed by atoms with Crippen molar-refractivity contribution in [2.24, 2.45) is 0 Å². The predicted octanol–water partition coefficient (Wildman–Crippen LogP) is 4.94. The van der Waals surface area contributed by atoms with Crippen molar-refractivity contribution >= 4 is 10.9 Å². The molecule has 0 aliphatic heterocycles. The molecule has 0 aliphatic rings. The minimum Gasteiger partial charge on any atom is -0.358 e. The van der Waals surface area contributed by atoms with Gasteiger partial charge in [-0.3, -0.25) is 0 Å². The second kappa shape index (κ2) is 5.43. The number of allylic oxidation sites excluding steroid dienone is 2. The second-order valence-corrected chi connectivity index (χ2v) is 5.34. The van der Waals surface area contributed by atoms with Gasteiger partial charge in [-0.25, -0.2) is 0 Å². The van der Waals surface area contributed by atoms with Gasteiger partial charge < -0.3 is 4.98 Å². The van der Waals surface area contributed by atoms with Gasteiger partial charge in [-0.1, -0.05) is 37.1 Å². The van der Waals surface area contributed by atoms with Gasteiger partial charge in [0.1, 0.15) is 0 Å². The first-order valence-electron chi connectivity index (χ1n) is 6.85. The highest BCUT2D eigenvalue weighted by molar-refractivity contribution is 5.85. The van der Waals surface area contributed by atoms with E-state index in [1.165, 1.54) is 46.1 Å². The molecule has 0 radical (unpaired) electrons. The highest BCUT2D eigenvalue weighted by atomic mass is 14.7. The first kappa shape index (κ1) is 12.9. The largest absolute Gasteiger partial charge is 0.358 e. The number of fused-ring (bicyclic) bond motifs is 1. The van der Waals surface area contributed by atoms with Gasteiger partial charge in [-0.15, -0.1) is 0 Å². The van der Waals surface area contributed by atoms with Crippen LogP contribution in [-0.4, -0.2) is 4.98 Å². The fraction of sp³-hybridized carbons (Fsp3) is 0.412. The van der Waals surface area contributed by atoms with E-state index in [0.29, 0.717) is 0 Å². The Morgan fingerprint density at radius 3 is 2.72 bits per heavy atom. The summed E-state index contributed by atoms with van der Waals surface area (Å²) in [6, 6.07) is 6.83. The number of H-pyrrole nitrogens is 1. The van der Waals surface area contributed by atoms with Crippen LogP contribution < -0.4 is 0 Å². The summed E-state index contributed by atoms with van der Waals surface area (Å²) in [6.45, 7) is 8.72. The van der Waals surface area contributed by atoms with Crippen LogP contribution in [-0.2, 0) is 12.8 Å². The summed E-state index contributed by atoms with van der Waals surface area (Å²) in [7, 11) is 0. The average molecular weight is 241 g/mol. The zero-order valence-electron chi connectivity index (χ0n) is 11.9. The van der Waals surface area contributed by atoms with Gasteiger partial charge in [-0.2, -0.15) is 0 Å². The van der Waals surface area contributed by atoms with Crippen molar-refractivity contribution in [3.05, 3.63) is 46.7 Å². The Balaban J connectivity index is 2.38. The molecular weight excluding hydrogens is 218 g/mol. The Morgan fingerprint density at radius 2 is 2.06 bits per heavy atom. The standard InChI is InChI=1S/C17H23N/c1-5-6-15-13(4)18-17-11-14(8-7-12(2)3)9-10-16(15)17/h7,9-11,18H,5-6,8H2,1-4H3. The zero-order chi connectivity index (χ0) is 13.1. The van der Waals surface area contributed by atoms with E-state index in [9.17, 15) is 0 Å². The summed E-state index contributed by atoms with van der Waals surface area (Å²) in [6.07, 6.45) is 5.68. The predicted molar refractivity (Wildman–Crippen MR) is 80.2 cm³/mol. The molecule has 0 aliphatic carbocycles. The Kier molecular flexibility index (Phi) is 3.90. The summed E-state index contributed by atoms with van der Waals surface area (Å²) in [5, 5.41) is 1.40. The van der Waals surface area contributed by atoms with Crippen LogP contribution in [0, 0.1) is 6.92 Å². The lowest BCUT2D eigenvalue weighted by atomic mass is 10.0. The summed E-state index contributed by atoms with van der Waals surface area (Å²) in [5.74, 6) is 0. The SMILES string of the molecule is CCCc1c(C)[nH]c2cc(CC=C(C)C)ccc12. The summed E-state index contributed by atoms with van der Waals surface area (Å²) >= 11 is 0. The van der Waals surface area contributed by atoms with Crippen LogP contribution in [0.3, 0.4) is 0 Å². The third-order valence-corrected chi connectivity index (χ3v) is 3.43. The number of aromatic nitrogens is 1. The Bertz CT molecular complexity index is 569. The van der Waals surface area contributed by atoms with Crippen molar-refractivity contribution < 1.29 is 0 Å². The van der Waals surface area contributed by atoms with Crippen molar-refractivity contribution in [1.29, 1.82) is 0 Å². The number of hydrogen-bond acceptors (Lipinski definition) is 0. The molecule has 18 heavy (non-hydrogen) atoms. The van der Waals surface area contributed by atoms with E-state index in [0.717, 1.165) is 6.42 Å². The second-order valence-electron chi connectivity index (χ2n) is 5.34. The number of rotatable bonds is 4. The number of nitrogens with one attached hydrogen (secondary N) is 1. The third kappa shape index (κ3) is 2.66. The van der Waals surface area contributed by atoms with Gasteiger partial charge in [0.15, 0.2) is 0 Å². The molecule has 0 unspecified atom stereocenters. The van der Waals surface area contributed by atoms with Crippen LogP contribution in [0.25, 0.3) is 10.9 Å². The van der Waals surface area contributed by atoms with Crippen molar-refractivity contribution in [3.63, 3.8) is 0 Å². The number of aryl methyl sites for hydroxylation is 2. The molecule has 1 nitrogen and oxygen atoms in total. The molecule has 0 atom stereocenters. The zero-order valence-corrected chi connectivity index (χ0v) is 11.9. The normalized spacial score (nSPS) is 10.9. The minimum atomic E-state index is 1.03. The molecule has 1 aromatic carbocycles. The summed E-state index contributed by atoms with van der Waals surface area (Å²) < 4.78 is 0. The number of aromatic amines is 1. The lowest BCUT2D eigenvalue weighted by Crippen LogP contribution is -1.85. The third-order valence-electron chi connectivity index (χ3n) is 3.43. The average Bonchev–Trinajstić information content (AvgIpc) is 2.63. The molecule has 0 saturated carbocycles. The van der Waals surface area contributed by atoms with Gasteiger partial charge in [0, 0.05) is 16.6 Å². The Hall–Kier alpha value is -1.50. The fourth-order valence-electron chi connectivity index (χ4n) is 2.46. The lowest BCUT2D eigenvalue weighted by Gasteiger charge is -2.00. The highest BCUT2D eigenvalue weighted by Crippen LogP contribution is 2.24. The maximum atomic E-state index is 3.52. The van der Waals surface area contributed by atoms with E-state index in [4.69, 9.17) is 0 Å². The molecule has 1 heteroatoms. The van der Waals surface area contributed by atoms with Gasteiger partial charge in [-0.05, 0) is 50.8 Å². The Labute approximate surface area is 110 Å². The Morgan fingerprint density at radius 1 is 1.28 bits per heavy atom. The molecule has 1 aromatic heterocycles. The van der Waals surface area contributed by atoms with E-state index in [-0.39, 0.29) is 0 Å². The summed E-state index contributed by atoms with van der Waals surface area (Å²) in [4.78, 5) is 3.52. The molecule has 2 rings (SSSR count). The van der Waals surface area contributed by atoms with Crippen LogP contribution in [0.4, 0.5) is 0 Å². The highest BCUT2D eigenvalue weighted by Gasteiger charge is 2.07. The molecule has 0 spiro atoms. The van der Waals surface area contributed by atoms with Crippen LogP contribution in [0.2, 0.25) is 0 Å². The van der Waals surface area contributed by atoms with Gasteiger partial charge >= 0.3 is 0 Å². The van der Waals surface area contributed by atoms with E-state index in [1.54, 1.807) is 0 Å². The van der Waals surface area contributed by atoms with E-state index < -0.39 is 0 Å². The van der Waals surface area contributed by atoms with Gasteiger partial charge in [0.25, 0.3) is 0 Å². The van der Waals surface area contributed by atoms with Crippen LogP contribution in [0.1, 0.15) is 44.0 Å². The molecule has 2 aromatic rings. The molecule has 0 amide bonds. The fourth-order valence-corrected chi connectivity index (χ4v) is 2.46. The molecular formula is C17H23N. The van der Waals surface area contributed by atoms with Gasteiger partial charge in [0.2, 0.25) is 0 Å². The smallest absolute Gasteiger partial charge is 0.0461 e. The number of hydrogen-bond donors (Lipinski definition) is 1. The van der Waals surface area contributed by atoms with Gasteiger partial charge in [0.05, 0.1) is 0 Å². The first-order valence-corrected chi connectivity index (χ1v) is 6.85. The van der Waals surface area contributed by atoms with E-state index in [1.807, 2.05) is 0 Å². The molecule has 0 saturated heterocycles. The molecule has 0 bridgehead atoms. The van der Waals surface area contributed by atoms with Crippen molar-refractivity contribution in [3.8, 4) is 0 Å². The first-order chi connectivity index (χ1) is 8.61. The molecule has 1 N–H and O–H groups in total. The minimum absolute atomic E-state index is 1.03. The molecule has 1 heterocycles. The van der Waals surface area contributed by atoms with Crippen molar-refractivity contribution in [2.75, 3.05) is 0 Å². The van der Waals surface area contributed by atoms with E-state index >= 15 is 0 Å². The maximum absolute atomic E-state index is 3.52. The number of benzene rings is 1. The van der Waals surface area contributed by atoms with Crippen molar-refractivity contribution in [2.45, 2.75) is 47.0 Å². The van der Waals surface area contributed by atoms with Crippen LogP contribution in [0.5, 0.6) is 0 Å². The van der Waals surface area contributed by atoms with E-state index in [2.05, 4.69) is 57.0 Å². The molecule has 96 valence electrons. The maximum Gasteiger partial charge on any atom is 0.0461 e. The van der Waals surface area contributed by atoms with Crippen molar-refractivity contribution in [1.82, 2.24) is 4.98 Å². The lowest BCUT2D eigenvalue weighted by molar-refractivity contribution is 0.918. The topological polar surface area (TPSA) is 15.8 Å². The summed E-state index contributed by atoms with van der Waals surface area (Å²) in [5.41, 5.74) is 6.86. The molecule has 0 fully saturated rings. The van der Waals surface area contributed by atoms with Crippen LogP contribution >= 0.6 is 0 Å². The van der Waals surface area contributed by atoms with Crippen LogP contribution in [0.15, 0.2) is 29.8 Å².